The Bertz CT molecular complexity index is 1160. The zero-order chi connectivity index (χ0) is 23.1. The first-order valence-electron chi connectivity index (χ1n) is 11.6. The monoisotopic (exact) mass is 445 g/mol. The van der Waals surface area contributed by atoms with Gasteiger partial charge in [0.25, 0.3) is 11.8 Å². The Balaban J connectivity index is 1.60. The van der Waals surface area contributed by atoms with E-state index < -0.39 is 12.0 Å². The quantitative estimate of drug-likeness (QED) is 0.752. The first kappa shape index (κ1) is 21.6. The maximum atomic E-state index is 14.0. The van der Waals surface area contributed by atoms with Crippen molar-refractivity contribution in [2.24, 2.45) is 4.99 Å². The molecule has 5 rings (SSSR count). The molecule has 1 saturated carbocycles. The van der Waals surface area contributed by atoms with Crippen molar-refractivity contribution >= 4 is 17.5 Å². The molecule has 3 aliphatic rings. The fourth-order valence-corrected chi connectivity index (χ4v) is 5.52. The highest BCUT2D eigenvalue weighted by atomic mass is 19.1. The summed E-state index contributed by atoms with van der Waals surface area (Å²) < 4.78 is 13.7. The lowest BCUT2D eigenvalue weighted by Gasteiger charge is -2.42. The van der Waals surface area contributed by atoms with Gasteiger partial charge in [0, 0.05) is 34.5 Å². The Kier molecular flexibility index (Phi) is 5.60. The van der Waals surface area contributed by atoms with E-state index in [0.29, 0.717) is 12.1 Å². The number of nitrogens with zero attached hydrogens (tertiary/aromatic N) is 2. The number of amides is 2. The Hall–Kier alpha value is -3.28. The first-order chi connectivity index (χ1) is 15.9. The summed E-state index contributed by atoms with van der Waals surface area (Å²) >= 11 is 0. The van der Waals surface area contributed by atoms with Crippen LogP contribution >= 0.6 is 0 Å². The number of aliphatic imine (C=N–C) groups is 1. The Morgan fingerprint density at radius 1 is 1.09 bits per heavy atom. The van der Waals surface area contributed by atoms with E-state index in [1.54, 1.807) is 18.2 Å². The summed E-state index contributed by atoms with van der Waals surface area (Å²) in [4.78, 5) is 33.8. The number of hydrogen-bond donors (Lipinski definition) is 1. The van der Waals surface area contributed by atoms with E-state index in [-0.39, 0.29) is 23.7 Å². The molecule has 170 valence electrons. The number of aryl methyl sites for hydroxylation is 1. The van der Waals surface area contributed by atoms with Crippen molar-refractivity contribution in [3.05, 3.63) is 82.3 Å². The van der Waals surface area contributed by atoms with Crippen molar-refractivity contribution in [3.8, 4) is 0 Å². The van der Waals surface area contributed by atoms with Crippen molar-refractivity contribution in [1.82, 2.24) is 10.2 Å². The second-order valence-corrected chi connectivity index (χ2v) is 9.26. The van der Waals surface area contributed by atoms with Gasteiger partial charge in [-0.3, -0.25) is 14.6 Å². The van der Waals surface area contributed by atoms with Crippen molar-refractivity contribution in [2.75, 3.05) is 6.54 Å². The van der Waals surface area contributed by atoms with Gasteiger partial charge in [-0.05, 0) is 56.5 Å². The van der Waals surface area contributed by atoms with Crippen LogP contribution in [0, 0.1) is 12.7 Å². The van der Waals surface area contributed by atoms with Crippen LogP contribution in [0.3, 0.4) is 0 Å². The minimum absolute atomic E-state index is 0.0964. The normalized spacial score (nSPS) is 23.1. The second kappa shape index (κ2) is 8.58. The smallest absolute Gasteiger partial charge is 0.251 e. The maximum Gasteiger partial charge on any atom is 0.251 e. The molecule has 0 spiro atoms. The molecule has 1 aliphatic carbocycles. The van der Waals surface area contributed by atoms with Crippen molar-refractivity contribution in [2.45, 2.75) is 57.5 Å². The van der Waals surface area contributed by atoms with Crippen LogP contribution in [-0.2, 0) is 4.79 Å². The lowest BCUT2D eigenvalue weighted by molar-refractivity contribution is -0.134. The van der Waals surface area contributed by atoms with Crippen LogP contribution in [0.1, 0.15) is 60.0 Å². The van der Waals surface area contributed by atoms with Crippen molar-refractivity contribution in [3.63, 3.8) is 0 Å². The van der Waals surface area contributed by atoms with Gasteiger partial charge in [0.1, 0.15) is 11.9 Å². The molecule has 0 unspecified atom stereocenters. The highest BCUT2D eigenvalue weighted by molar-refractivity contribution is 6.07. The molecule has 2 amide bonds. The second-order valence-electron chi connectivity index (χ2n) is 9.26. The van der Waals surface area contributed by atoms with E-state index in [1.165, 1.54) is 12.1 Å². The minimum Gasteiger partial charge on any atom is -0.339 e. The van der Waals surface area contributed by atoms with Crippen LogP contribution in [-0.4, -0.2) is 41.1 Å². The van der Waals surface area contributed by atoms with Gasteiger partial charge in [-0.25, -0.2) is 4.39 Å². The highest BCUT2D eigenvalue weighted by Gasteiger charge is 2.48. The number of hydrogen-bond acceptors (Lipinski definition) is 3. The fourth-order valence-electron chi connectivity index (χ4n) is 5.52. The number of benzene rings is 2. The average molecular weight is 446 g/mol. The standard InChI is InChI=1S/C27H28FN3O2/c1-16-6-5-7-19(14-16)26(32)30-25-24(18-10-12-20(28)13-11-18)23-17(2)29-15-22(23)31(27(25)33)21-8-3-4-9-21/h5-7,10-14,21,24-25H,3-4,8-9,15H2,1-2H3,(H,30,32)/t24-,25-/m0/s1. The van der Waals surface area contributed by atoms with Crippen LogP contribution in [0.4, 0.5) is 4.39 Å². The molecule has 33 heavy (non-hydrogen) atoms. The molecule has 2 aliphatic heterocycles. The summed E-state index contributed by atoms with van der Waals surface area (Å²) in [7, 11) is 0. The van der Waals surface area contributed by atoms with Crippen molar-refractivity contribution < 1.29 is 14.0 Å². The first-order valence-corrected chi connectivity index (χ1v) is 11.6. The van der Waals surface area contributed by atoms with Gasteiger partial charge in [-0.1, -0.05) is 42.7 Å². The summed E-state index contributed by atoms with van der Waals surface area (Å²) in [6, 6.07) is 12.9. The van der Waals surface area contributed by atoms with Crippen LogP contribution in [0.15, 0.2) is 64.8 Å². The van der Waals surface area contributed by atoms with Crippen LogP contribution < -0.4 is 5.32 Å². The topological polar surface area (TPSA) is 61.8 Å². The van der Waals surface area contributed by atoms with Gasteiger partial charge in [-0.15, -0.1) is 0 Å². The zero-order valence-corrected chi connectivity index (χ0v) is 19.0. The van der Waals surface area contributed by atoms with E-state index in [9.17, 15) is 14.0 Å². The summed E-state index contributed by atoms with van der Waals surface area (Å²) in [5, 5.41) is 3.05. The molecule has 5 nitrogen and oxygen atoms in total. The molecule has 2 aromatic rings. The Morgan fingerprint density at radius 2 is 1.82 bits per heavy atom. The highest BCUT2D eigenvalue weighted by Crippen LogP contribution is 2.43. The van der Waals surface area contributed by atoms with E-state index >= 15 is 0 Å². The van der Waals surface area contributed by atoms with E-state index in [4.69, 9.17) is 0 Å². The molecule has 1 N–H and O–H groups in total. The Labute approximate surface area is 193 Å². The Morgan fingerprint density at radius 3 is 2.52 bits per heavy atom. The number of halogens is 1. The predicted molar refractivity (Wildman–Crippen MR) is 126 cm³/mol. The molecular weight excluding hydrogens is 417 g/mol. The minimum atomic E-state index is -0.786. The lowest BCUT2D eigenvalue weighted by atomic mass is 9.78. The summed E-state index contributed by atoms with van der Waals surface area (Å²) in [5.41, 5.74) is 5.11. The third kappa shape index (κ3) is 3.88. The maximum absolute atomic E-state index is 14.0. The largest absolute Gasteiger partial charge is 0.339 e. The van der Waals surface area contributed by atoms with Crippen LogP contribution in [0.5, 0.6) is 0 Å². The van der Waals surface area contributed by atoms with Gasteiger partial charge >= 0.3 is 0 Å². The van der Waals surface area contributed by atoms with Crippen molar-refractivity contribution in [1.29, 1.82) is 0 Å². The molecule has 0 radical (unpaired) electrons. The average Bonchev–Trinajstić information content (AvgIpc) is 3.46. The number of carbonyl (C=O) groups is 2. The molecule has 0 aromatic heterocycles. The number of nitrogens with one attached hydrogen (secondary N) is 1. The van der Waals surface area contributed by atoms with Gasteiger partial charge in [-0.2, -0.15) is 0 Å². The predicted octanol–water partition coefficient (Wildman–Crippen LogP) is 4.53. The number of carbonyl (C=O) groups excluding carboxylic acids is 2. The molecule has 2 heterocycles. The number of rotatable bonds is 4. The molecular formula is C27H28FN3O2. The van der Waals surface area contributed by atoms with Gasteiger partial charge in [0.15, 0.2) is 0 Å². The summed E-state index contributed by atoms with van der Waals surface area (Å²) in [6.45, 7) is 4.36. The molecule has 0 bridgehead atoms. The lowest BCUT2D eigenvalue weighted by Crippen LogP contribution is -2.57. The molecule has 1 fully saturated rings. The van der Waals surface area contributed by atoms with E-state index in [1.807, 2.05) is 36.9 Å². The van der Waals surface area contributed by atoms with Crippen LogP contribution in [0.25, 0.3) is 0 Å². The van der Waals surface area contributed by atoms with E-state index in [2.05, 4.69) is 10.3 Å². The van der Waals surface area contributed by atoms with Crippen LogP contribution in [0.2, 0.25) is 0 Å². The zero-order valence-electron chi connectivity index (χ0n) is 19.0. The summed E-state index contributed by atoms with van der Waals surface area (Å²) in [6.07, 6.45) is 4.11. The third-order valence-electron chi connectivity index (χ3n) is 7.09. The van der Waals surface area contributed by atoms with E-state index in [0.717, 1.165) is 53.8 Å². The molecule has 2 aromatic carbocycles. The molecule has 0 saturated heterocycles. The fraction of sp³-hybridized carbons (Fsp3) is 0.370. The molecule has 2 atom stereocenters. The molecule has 6 heteroatoms. The third-order valence-corrected chi connectivity index (χ3v) is 7.09. The summed E-state index contributed by atoms with van der Waals surface area (Å²) in [5.74, 6) is -1.13. The SMILES string of the molecule is CC1=NCC2=C1[C@H](c1ccc(F)cc1)[C@H](NC(=O)c1cccc(C)c1)C(=O)N2C1CCCC1. The van der Waals surface area contributed by atoms with Gasteiger partial charge in [0.05, 0.1) is 6.54 Å². The van der Waals surface area contributed by atoms with Gasteiger partial charge < -0.3 is 10.2 Å². The van der Waals surface area contributed by atoms with Gasteiger partial charge in [0.2, 0.25) is 0 Å².